The van der Waals surface area contributed by atoms with E-state index >= 15 is 0 Å². The Hall–Kier alpha value is -5.36. The van der Waals surface area contributed by atoms with Crippen molar-refractivity contribution in [3.05, 3.63) is 29.8 Å². The lowest BCUT2D eigenvalue weighted by Gasteiger charge is -2.31. The molecule has 1 aromatic carbocycles. The number of anilines is 2. The Morgan fingerprint density at radius 3 is 1.65 bits per heavy atom. The van der Waals surface area contributed by atoms with Gasteiger partial charge in [0.2, 0.25) is 5.91 Å². The number of benzene rings is 1. The second-order valence-electron chi connectivity index (χ2n) is 8.94. The molecular weight excluding hydrogens is 578 g/mol. The monoisotopic (exact) mass is 609 g/mol. The van der Waals surface area contributed by atoms with Crippen LogP contribution in [0.2, 0.25) is 0 Å². The molecule has 2 aromatic rings. The average molecular weight is 610 g/mol. The number of likely N-dealkylation sites (N-methyl/N-ethyl adjacent to an activating group) is 2. The van der Waals surface area contributed by atoms with Crippen LogP contribution in [0.25, 0.3) is 10.9 Å². The molecule has 1 aromatic heterocycles. The Morgan fingerprint density at radius 2 is 1.19 bits per heavy atom. The van der Waals surface area contributed by atoms with Crippen molar-refractivity contribution in [3.8, 4) is 0 Å². The minimum absolute atomic E-state index is 0.0673. The third kappa shape index (κ3) is 12.0. The molecule has 0 bridgehead atoms. The molecule has 1 saturated heterocycles. The molecule has 0 saturated carbocycles. The maximum atomic E-state index is 12.7. The van der Waals surface area contributed by atoms with Gasteiger partial charge in [-0.3, -0.25) is 9.69 Å². The fourth-order valence-corrected chi connectivity index (χ4v) is 3.71. The maximum Gasteiger partial charge on any atom is 0.414 e. The van der Waals surface area contributed by atoms with Crippen LogP contribution in [0.4, 0.5) is 11.5 Å². The van der Waals surface area contributed by atoms with Crippen LogP contribution in [0.1, 0.15) is 5.56 Å². The van der Waals surface area contributed by atoms with Crippen LogP contribution >= 0.6 is 0 Å². The van der Waals surface area contributed by atoms with Crippen molar-refractivity contribution in [2.24, 2.45) is 0 Å². The highest BCUT2D eigenvalue weighted by Gasteiger charge is 2.25. The van der Waals surface area contributed by atoms with Crippen LogP contribution in [0.3, 0.4) is 0 Å². The summed E-state index contributed by atoms with van der Waals surface area (Å²) < 4.78 is 0. The van der Waals surface area contributed by atoms with Crippen LogP contribution in [0.15, 0.2) is 24.3 Å². The normalized spacial score (nSPS) is 13.9. The molecule has 2 aliphatic rings. The fourth-order valence-electron chi connectivity index (χ4n) is 3.71. The molecule has 1 fully saturated rings. The minimum atomic E-state index is -1.82. The molecule has 234 valence electrons. The van der Waals surface area contributed by atoms with Gasteiger partial charge in [-0.05, 0) is 19.5 Å². The molecule has 1 amide bonds. The van der Waals surface area contributed by atoms with Gasteiger partial charge in [-0.2, -0.15) is 0 Å². The smallest absolute Gasteiger partial charge is 0.414 e. The van der Waals surface area contributed by atoms with E-state index < -0.39 is 35.8 Å². The lowest BCUT2D eigenvalue weighted by atomic mass is 10.1. The molecule has 43 heavy (non-hydrogen) atoms. The highest BCUT2D eigenvalue weighted by molar-refractivity contribution is 6.28. The topological polar surface area (TPSA) is 276 Å². The zero-order chi connectivity index (χ0) is 32.9. The second kappa shape index (κ2) is 16.8. The van der Waals surface area contributed by atoms with Crippen molar-refractivity contribution < 1.29 is 64.2 Å². The number of carbonyl (C=O) groups is 7. The molecule has 0 spiro atoms. The number of hydrogen-bond acceptors (Lipinski definition) is 11. The molecule has 0 aliphatic carbocycles. The Bertz CT molecular complexity index is 1280. The number of carboxylic acid groups (broad SMARTS) is 6. The number of nitrogens with zero attached hydrogens (tertiary/aromatic N) is 4. The van der Waals surface area contributed by atoms with Gasteiger partial charge in [0.25, 0.3) is 0 Å². The van der Waals surface area contributed by atoms with E-state index in [-0.39, 0.29) is 5.91 Å². The van der Waals surface area contributed by atoms with Gasteiger partial charge in [-0.1, -0.05) is 18.2 Å². The summed E-state index contributed by atoms with van der Waals surface area (Å²) in [5, 5.41) is 48.6. The standard InChI is InChI=1S/C19H25N5O.3C2H2O4/c1-22-9-11-24(12-10-22)13-17(25)21-18-14-5-3-4-6-16(14)20-19-15(18)7-8-23(19)2;3*3-1(4)2(5)6/h3-6H,7-13H2,1-2H3,(H,20,21,25);3*(H,3,4)(H,5,6). The zero-order valence-electron chi connectivity index (χ0n) is 23.1. The van der Waals surface area contributed by atoms with Crippen molar-refractivity contribution in [2.75, 3.05) is 63.6 Å². The summed E-state index contributed by atoms with van der Waals surface area (Å²) in [6.07, 6.45) is 0.924. The number of piperazine rings is 1. The fraction of sp³-hybridized carbons (Fsp3) is 0.360. The SMILES string of the molecule is CN1CCN(CC(=O)Nc2c3c(nc4ccccc24)N(C)CC3)CC1.O=C(O)C(=O)O.O=C(O)C(=O)O.O=C(O)C(=O)O. The summed E-state index contributed by atoms with van der Waals surface area (Å²) in [4.78, 5) is 78.8. The number of hydrogen-bond donors (Lipinski definition) is 7. The number of rotatable bonds is 3. The first kappa shape index (κ1) is 35.7. The number of nitrogens with one attached hydrogen (secondary N) is 1. The van der Waals surface area contributed by atoms with E-state index in [1.807, 2.05) is 24.3 Å². The maximum absolute atomic E-state index is 12.7. The first-order chi connectivity index (χ1) is 20.0. The lowest BCUT2D eigenvalue weighted by molar-refractivity contribution is -0.159. The zero-order valence-corrected chi connectivity index (χ0v) is 23.1. The van der Waals surface area contributed by atoms with Crippen molar-refractivity contribution in [3.63, 3.8) is 0 Å². The highest BCUT2D eigenvalue weighted by Crippen LogP contribution is 2.36. The molecule has 3 heterocycles. The molecule has 0 unspecified atom stereocenters. The molecule has 18 nitrogen and oxygen atoms in total. The number of aromatic nitrogens is 1. The van der Waals surface area contributed by atoms with Crippen LogP contribution in [-0.2, 0) is 40.0 Å². The average Bonchev–Trinajstić information content (AvgIpc) is 3.31. The quantitative estimate of drug-likeness (QED) is 0.203. The Morgan fingerprint density at radius 1 is 0.721 bits per heavy atom. The van der Waals surface area contributed by atoms with Crippen LogP contribution in [-0.4, -0.2) is 141 Å². The van der Waals surface area contributed by atoms with E-state index in [0.29, 0.717) is 6.54 Å². The van der Waals surface area contributed by atoms with E-state index in [1.54, 1.807) is 0 Å². The van der Waals surface area contributed by atoms with Crippen molar-refractivity contribution in [1.29, 1.82) is 0 Å². The number of amides is 1. The molecular formula is C25H31N5O13. The van der Waals surface area contributed by atoms with Gasteiger partial charge in [-0.15, -0.1) is 0 Å². The highest BCUT2D eigenvalue weighted by atomic mass is 16.5. The first-order valence-corrected chi connectivity index (χ1v) is 12.3. The molecule has 18 heteroatoms. The number of aliphatic carboxylic acids is 6. The van der Waals surface area contributed by atoms with E-state index in [2.05, 4.69) is 34.1 Å². The van der Waals surface area contributed by atoms with Crippen LogP contribution in [0, 0.1) is 0 Å². The van der Waals surface area contributed by atoms with Crippen molar-refractivity contribution in [1.82, 2.24) is 14.8 Å². The van der Waals surface area contributed by atoms with E-state index in [0.717, 1.165) is 67.1 Å². The summed E-state index contributed by atoms with van der Waals surface area (Å²) in [6.45, 7) is 5.33. The lowest BCUT2D eigenvalue weighted by Crippen LogP contribution is -2.47. The Balaban J connectivity index is 0.000000422. The summed E-state index contributed by atoms with van der Waals surface area (Å²) in [5.74, 6) is -9.88. The minimum Gasteiger partial charge on any atom is -0.473 e. The van der Waals surface area contributed by atoms with Gasteiger partial charge in [-0.25, -0.2) is 33.8 Å². The van der Waals surface area contributed by atoms with Gasteiger partial charge in [0.05, 0.1) is 17.7 Å². The Labute approximate surface area is 243 Å². The summed E-state index contributed by atoms with van der Waals surface area (Å²) in [5.41, 5.74) is 3.04. The third-order valence-corrected chi connectivity index (χ3v) is 5.81. The number of pyridine rings is 1. The molecule has 0 atom stereocenters. The second-order valence-corrected chi connectivity index (χ2v) is 8.94. The van der Waals surface area contributed by atoms with Crippen molar-refractivity contribution in [2.45, 2.75) is 6.42 Å². The summed E-state index contributed by atoms with van der Waals surface area (Å²) in [7, 11) is 4.18. The Kier molecular flexibility index (Phi) is 13.9. The summed E-state index contributed by atoms with van der Waals surface area (Å²) >= 11 is 0. The van der Waals surface area contributed by atoms with Gasteiger partial charge in [0.15, 0.2) is 0 Å². The predicted octanol–water partition coefficient (Wildman–Crippen LogP) is -1.12. The van der Waals surface area contributed by atoms with E-state index in [9.17, 15) is 4.79 Å². The number of carboxylic acids is 6. The molecule has 0 radical (unpaired) electrons. The molecule has 4 rings (SSSR count). The van der Waals surface area contributed by atoms with Gasteiger partial charge < -0.3 is 45.8 Å². The largest absolute Gasteiger partial charge is 0.473 e. The number of para-hydroxylation sites is 1. The number of carbonyl (C=O) groups excluding carboxylic acids is 1. The predicted molar refractivity (Wildman–Crippen MR) is 147 cm³/mol. The van der Waals surface area contributed by atoms with E-state index in [4.69, 9.17) is 64.4 Å². The van der Waals surface area contributed by atoms with Crippen LogP contribution < -0.4 is 10.2 Å². The molecule has 7 N–H and O–H groups in total. The van der Waals surface area contributed by atoms with Gasteiger partial charge in [0.1, 0.15) is 5.82 Å². The van der Waals surface area contributed by atoms with Gasteiger partial charge >= 0.3 is 35.8 Å². The van der Waals surface area contributed by atoms with Crippen LogP contribution in [0.5, 0.6) is 0 Å². The number of fused-ring (bicyclic) bond motifs is 2. The molecule has 2 aliphatic heterocycles. The first-order valence-electron chi connectivity index (χ1n) is 12.3. The summed E-state index contributed by atoms with van der Waals surface area (Å²) in [6, 6.07) is 8.06. The van der Waals surface area contributed by atoms with Crippen molar-refractivity contribution >= 4 is 64.1 Å². The third-order valence-electron chi connectivity index (χ3n) is 5.81. The van der Waals surface area contributed by atoms with Gasteiger partial charge in [0, 0.05) is 50.7 Å². The van der Waals surface area contributed by atoms with E-state index in [1.165, 1.54) is 0 Å².